The van der Waals surface area contributed by atoms with Crippen LogP contribution in [0.25, 0.3) is 11.0 Å². The molecular weight excluding hydrogens is 284 g/mol. The van der Waals surface area contributed by atoms with Gasteiger partial charge in [0.2, 0.25) is 0 Å². The number of benzene rings is 1. The number of hydrogen-bond acceptors (Lipinski definition) is 3. The molecule has 0 spiro atoms. The predicted molar refractivity (Wildman–Crippen MR) is 75.9 cm³/mol. The van der Waals surface area contributed by atoms with E-state index in [0.717, 1.165) is 22.6 Å². The molecule has 0 bridgehead atoms. The Morgan fingerprint density at radius 3 is 3.00 bits per heavy atom. The van der Waals surface area contributed by atoms with Gasteiger partial charge < -0.3 is 9.67 Å². The number of carbonyl (C=O) groups is 1. The summed E-state index contributed by atoms with van der Waals surface area (Å²) in [5.41, 5.74) is 1.76. The second-order valence-corrected chi connectivity index (χ2v) is 6.18. The molecule has 1 heterocycles. The minimum absolute atomic E-state index is 0.0159. The highest BCUT2D eigenvalue weighted by Crippen LogP contribution is 2.47. The van der Waals surface area contributed by atoms with Crippen LogP contribution in [0.5, 0.6) is 0 Å². The molecule has 2 unspecified atom stereocenters. The van der Waals surface area contributed by atoms with Gasteiger partial charge in [0.1, 0.15) is 0 Å². The van der Waals surface area contributed by atoms with E-state index in [1.807, 2.05) is 18.2 Å². The number of para-hydroxylation sites is 1. The summed E-state index contributed by atoms with van der Waals surface area (Å²) >= 11 is 7.53. The number of halogens is 1. The van der Waals surface area contributed by atoms with Crippen molar-refractivity contribution < 1.29 is 9.90 Å². The molecule has 0 amide bonds. The zero-order chi connectivity index (χ0) is 13.6. The number of carboxylic acid groups (broad SMARTS) is 1. The van der Waals surface area contributed by atoms with Crippen LogP contribution >= 0.6 is 23.4 Å². The first kappa shape index (κ1) is 12.8. The summed E-state index contributed by atoms with van der Waals surface area (Å²) < 4.78 is 2.11. The van der Waals surface area contributed by atoms with Gasteiger partial charge in [0.05, 0.1) is 21.8 Å². The smallest absolute Gasteiger partial charge is 0.313 e. The van der Waals surface area contributed by atoms with E-state index < -0.39 is 5.97 Å². The third kappa shape index (κ3) is 2.32. The average molecular weight is 297 g/mol. The molecule has 1 N–H and O–H groups in total. The van der Waals surface area contributed by atoms with E-state index in [-0.39, 0.29) is 5.75 Å². The highest BCUT2D eigenvalue weighted by Gasteiger charge is 2.37. The van der Waals surface area contributed by atoms with Crippen LogP contribution in [0.3, 0.4) is 0 Å². The second kappa shape index (κ2) is 4.72. The summed E-state index contributed by atoms with van der Waals surface area (Å²) in [5, 5.41) is 10.2. The quantitative estimate of drug-likeness (QED) is 0.878. The normalized spacial score (nSPS) is 21.8. The Morgan fingerprint density at radius 1 is 1.63 bits per heavy atom. The number of fused-ring (bicyclic) bond motifs is 1. The number of aromatic nitrogens is 2. The molecule has 1 aliphatic carbocycles. The van der Waals surface area contributed by atoms with Crippen LogP contribution in [-0.2, 0) is 4.79 Å². The van der Waals surface area contributed by atoms with Gasteiger partial charge in [-0.1, -0.05) is 36.4 Å². The lowest BCUT2D eigenvalue weighted by atomic mass is 10.3. The van der Waals surface area contributed by atoms with Crippen LogP contribution in [0, 0.1) is 5.92 Å². The maximum Gasteiger partial charge on any atom is 0.313 e. The van der Waals surface area contributed by atoms with Gasteiger partial charge in [-0.3, -0.25) is 4.79 Å². The Bertz CT molecular complexity index is 655. The Morgan fingerprint density at radius 2 is 2.37 bits per heavy atom. The lowest BCUT2D eigenvalue weighted by Gasteiger charge is -2.07. The minimum atomic E-state index is -0.835. The number of thioether (sulfide) groups is 1. The number of rotatable bonds is 4. The van der Waals surface area contributed by atoms with Gasteiger partial charge in [-0.2, -0.15) is 0 Å². The van der Waals surface area contributed by atoms with Crippen molar-refractivity contribution in [3.05, 3.63) is 23.2 Å². The summed E-state index contributed by atoms with van der Waals surface area (Å²) in [6.45, 7) is 2.18. The van der Waals surface area contributed by atoms with Gasteiger partial charge in [-0.15, -0.1) is 0 Å². The first-order chi connectivity index (χ1) is 9.08. The van der Waals surface area contributed by atoms with Crippen molar-refractivity contribution in [3.8, 4) is 0 Å². The summed E-state index contributed by atoms with van der Waals surface area (Å²) in [7, 11) is 0. The lowest BCUT2D eigenvalue weighted by Crippen LogP contribution is -2.02. The van der Waals surface area contributed by atoms with E-state index in [9.17, 15) is 4.79 Å². The first-order valence-electron chi connectivity index (χ1n) is 6.09. The zero-order valence-electron chi connectivity index (χ0n) is 10.3. The molecule has 4 nitrogen and oxygen atoms in total. The van der Waals surface area contributed by atoms with E-state index in [1.165, 1.54) is 11.8 Å². The van der Waals surface area contributed by atoms with Gasteiger partial charge in [0.25, 0.3) is 0 Å². The molecular formula is C13H13ClN2O2S. The molecule has 1 aliphatic rings. The molecule has 0 radical (unpaired) electrons. The Hall–Kier alpha value is -1.20. The molecule has 1 fully saturated rings. The molecule has 0 aliphatic heterocycles. The summed E-state index contributed by atoms with van der Waals surface area (Å²) in [6.07, 6.45) is 1.09. The molecule has 1 aromatic heterocycles. The van der Waals surface area contributed by atoms with Crippen molar-refractivity contribution in [1.82, 2.24) is 9.55 Å². The Kier molecular flexibility index (Phi) is 3.19. The van der Waals surface area contributed by atoms with Crippen molar-refractivity contribution in [2.75, 3.05) is 5.75 Å². The van der Waals surface area contributed by atoms with Crippen LogP contribution in [-0.4, -0.2) is 26.4 Å². The van der Waals surface area contributed by atoms with Gasteiger partial charge >= 0.3 is 5.97 Å². The number of hydrogen-bond donors (Lipinski definition) is 1. The average Bonchev–Trinajstić information content (AvgIpc) is 2.94. The van der Waals surface area contributed by atoms with Crippen molar-refractivity contribution in [1.29, 1.82) is 0 Å². The molecule has 3 rings (SSSR count). The third-order valence-electron chi connectivity index (χ3n) is 3.35. The number of aliphatic carboxylic acids is 1. The van der Waals surface area contributed by atoms with E-state index in [4.69, 9.17) is 16.7 Å². The number of carboxylic acids is 1. The molecule has 0 saturated heterocycles. The van der Waals surface area contributed by atoms with E-state index in [1.54, 1.807) is 0 Å². The molecule has 6 heteroatoms. The van der Waals surface area contributed by atoms with Crippen molar-refractivity contribution in [2.45, 2.75) is 24.5 Å². The largest absolute Gasteiger partial charge is 0.481 e. The van der Waals surface area contributed by atoms with E-state index >= 15 is 0 Å². The Labute approximate surface area is 119 Å². The molecule has 2 atom stereocenters. The number of nitrogens with zero attached hydrogens (tertiary/aromatic N) is 2. The van der Waals surface area contributed by atoms with Crippen molar-refractivity contribution in [2.24, 2.45) is 5.92 Å². The standard InChI is InChI=1S/C13H13ClN2O2S/c1-7-5-10(7)16-12-8(14)3-2-4-9(12)15-13(16)19-6-11(17)18/h2-4,7,10H,5-6H2,1H3,(H,17,18). The molecule has 1 saturated carbocycles. The fourth-order valence-corrected chi connectivity index (χ4v) is 3.33. The summed E-state index contributed by atoms with van der Waals surface area (Å²) in [6, 6.07) is 6.02. The van der Waals surface area contributed by atoms with Gasteiger partial charge in [0, 0.05) is 6.04 Å². The first-order valence-corrected chi connectivity index (χ1v) is 7.45. The fraction of sp³-hybridized carbons (Fsp3) is 0.385. The highest BCUT2D eigenvalue weighted by molar-refractivity contribution is 7.99. The van der Waals surface area contributed by atoms with Crippen LogP contribution in [0.4, 0.5) is 0 Å². The van der Waals surface area contributed by atoms with Gasteiger partial charge in [-0.05, 0) is 24.5 Å². The number of imidazole rings is 1. The summed E-state index contributed by atoms with van der Waals surface area (Å²) in [5.74, 6) is -0.224. The fourth-order valence-electron chi connectivity index (χ4n) is 2.28. The van der Waals surface area contributed by atoms with Crippen molar-refractivity contribution >= 4 is 40.4 Å². The predicted octanol–water partition coefficient (Wildman–Crippen LogP) is 3.45. The second-order valence-electron chi connectivity index (χ2n) is 4.83. The van der Waals surface area contributed by atoms with Gasteiger partial charge in [0.15, 0.2) is 5.16 Å². The molecule has 100 valence electrons. The monoisotopic (exact) mass is 296 g/mol. The molecule has 19 heavy (non-hydrogen) atoms. The summed E-state index contributed by atoms with van der Waals surface area (Å²) in [4.78, 5) is 15.3. The van der Waals surface area contributed by atoms with E-state index in [0.29, 0.717) is 17.0 Å². The van der Waals surface area contributed by atoms with Crippen LogP contribution in [0.15, 0.2) is 23.4 Å². The topological polar surface area (TPSA) is 55.1 Å². The lowest BCUT2D eigenvalue weighted by molar-refractivity contribution is -0.133. The van der Waals surface area contributed by atoms with Crippen LogP contribution in [0.1, 0.15) is 19.4 Å². The SMILES string of the molecule is CC1CC1n1c(SCC(=O)O)nc2cccc(Cl)c21. The maximum absolute atomic E-state index is 10.7. The molecule has 1 aromatic carbocycles. The third-order valence-corrected chi connectivity index (χ3v) is 4.59. The Balaban J connectivity index is 2.09. The molecule has 2 aromatic rings. The van der Waals surface area contributed by atoms with Crippen LogP contribution in [0.2, 0.25) is 5.02 Å². The van der Waals surface area contributed by atoms with Crippen LogP contribution < -0.4 is 0 Å². The maximum atomic E-state index is 10.7. The van der Waals surface area contributed by atoms with E-state index in [2.05, 4.69) is 16.5 Å². The minimum Gasteiger partial charge on any atom is -0.481 e. The van der Waals surface area contributed by atoms with Gasteiger partial charge in [-0.25, -0.2) is 4.98 Å². The zero-order valence-corrected chi connectivity index (χ0v) is 11.9. The van der Waals surface area contributed by atoms with Crippen molar-refractivity contribution in [3.63, 3.8) is 0 Å². The highest BCUT2D eigenvalue weighted by atomic mass is 35.5.